The van der Waals surface area contributed by atoms with Gasteiger partial charge in [0.2, 0.25) is 0 Å². The highest BCUT2D eigenvalue weighted by Crippen LogP contribution is 2.45. The number of benzene rings is 1. The van der Waals surface area contributed by atoms with Crippen molar-refractivity contribution in [3.05, 3.63) is 28.8 Å². The Morgan fingerprint density at radius 2 is 2.11 bits per heavy atom. The van der Waals surface area contributed by atoms with Gasteiger partial charge in [-0.05, 0) is 36.5 Å². The van der Waals surface area contributed by atoms with E-state index in [-0.39, 0.29) is 12.6 Å². The lowest BCUT2D eigenvalue weighted by Gasteiger charge is -2.17. The number of fused-ring (bicyclic) bond motifs is 1. The van der Waals surface area contributed by atoms with E-state index in [0.717, 1.165) is 12.0 Å². The van der Waals surface area contributed by atoms with Crippen molar-refractivity contribution in [2.45, 2.75) is 38.3 Å². The molecule has 100 valence electrons. The molecule has 3 atom stereocenters. The molecule has 1 aliphatic rings. The lowest BCUT2D eigenvalue weighted by Crippen LogP contribution is -2.31. The van der Waals surface area contributed by atoms with E-state index < -0.39 is 6.10 Å². The molecule has 18 heavy (non-hydrogen) atoms. The molecule has 0 amide bonds. The molecule has 0 fully saturated rings. The van der Waals surface area contributed by atoms with Crippen LogP contribution in [0.2, 0.25) is 0 Å². The van der Waals surface area contributed by atoms with Crippen LogP contribution in [0.1, 0.15) is 42.0 Å². The number of hydrogen-bond acceptors (Lipinski definition) is 4. The van der Waals surface area contributed by atoms with Crippen LogP contribution >= 0.6 is 0 Å². The van der Waals surface area contributed by atoms with Gasteiger partial charge in [-0.25, -0.2) is 0 Å². The second-order valence-corrected chi connectivity index (χ2v) is 5.16. The van der Waals surface area contributed by atoms with Crippen LogP contribution in [0.5, 0.6) is 5.75 Å². The lowest BCUT2D eigenvalue weighted by molar-refractivity contribution is 0.0917. The van der Waals surface area contributed by atoms with E-state index in [2.05, 4.69) is 19.2 Å². The third-order valence-corrected chi connectivity index (χ3v) is 3.72. The van der Waals surface area contributed by atoms with Crippen LogP contribution in [0.4, 0.5) is 0 Å². The van der Waals surface area contributed by atoms with Crippen molar-refractivity contribution in [1.82, 2.24) is 5.32 Å². The summed E-state index contributed by atoms with van der Waals surface area (Å²) < 4.78 is 0. The fourth-order valence-electron chi connectivity index (χ4n) is 2.87. The molecule has 1 aliphatic carbocycles. The molecule has 0 spiro atoms. The Balaban J connectivity index is 2.21. The Hall–Kier alpha value is -1.10. The molecule has 0 saturated heterocycles. The van der Waals surface area contributed by atoms with E-state index in [1.165, 1.54) is 11.1 Å². The van der Waals surface area contributed by atoms with Gasteiger partial charge in [0.05, 0.1) is 12.7 Å². The first-order valence-electron chi connectivity index (χ1n) is 6.39. The Morgan fingerprint density at radius 3 is 2.78 bits per heavy atom. The molecule has 0 saturated carbocycles. The lowest BCUT2D eigenvalue weighted by atomic mass is 9.97. The third-order valence-electron chi connectivity index (χ3n) is 3.72. The van der Waals surface area contributed by atoms with Gasteiger partial charge in [-0.1, -0.05) is 13.0 Å². The number of phenolic OH excluding ortho intramolecular Hbond substituents is 1. The molecule has 4 nitrogen and oxygen atoms in total. The molecule has 4 heteroatoms. The van der Waals surface area contributed by atoms with Crippen LogP contribution in [0, 0.1) is 6.92 Å². The van der Waals surface area contributed by atoms with E-state index in [1.807, 2.05) is 6.07 Å². The van der Waals surface area contributed by atoms with Gasteiger partial charge in [0, 0.05) is 18.2 Å². The van der Waals surface area contributed by atoms with Gasteiger partial charge < -0.3 is 20.6 Å². The molecule has 0 aliphatic heterocycles. The number of rotatable bonds is 4. The van der Waals surface area contributed by atoms with E-state index >= 15 is 0 Å². The average molecular weight is 251 g/mol. The smallest absolute Gasteiger partial charge is 0.120 e. The number of aromatic hydroxyl groups is 1. The zero-order chi connectivity index (χ0) is 13.3. The minimum absolute atomic E-state index is 0.0519. The quantitative estimate of drug-likeness (QED) is 0.648. The van der Waals surface area contributed by atoms with Gasteiger partial charge in [0.1, 0.15) is 5.75 Å². The first kappa shape index (κ1) is 13.3. The first-order valence-corrected chi connectivity index (χ1v) is 6.39. The second-order valence-electron chi connectivity index (χ2n) is 5.16. The monoisotopic (exact) mass is 251 g/mol. The van der Waals surface area contributed by atoms with Gasteiger partial charge in [-0.2, -0.15) is 0 Å². The molecule has 4 N–H and O–H groups in total. The Labute approximate surface area is 107 Å². The highest BCUT2D eigenvalue weighted by Gasteiger charge is 2.31. The van der Waals surface area contributed by atoms with E-state index in [9.17, 15) is 10.2 Å². The number of phenols is 1. The van der Waals surface area contributed by atoms with Crippen LogP contribution in [0.3, 0.4) is 0 Å². The maximum Gasteiger partial charge on any atom is 0.120 e. The van der Waals surface area contributed by atoms with Crippen molar-refractivity contribution >= 4 is 0 Å². The SMILES string of the molecule is Cc1ccc(O)c2c1C(C)CC2NCC(O)CO. The molecule has 0 radical (unpaired) electrons. The Bertz CT molecular complexity index is 433. The summed E-state index contributed by atoms with van der Waals surface area (Å²) in [6.07, 6.45) is 0.155. The molecule has 0 heterocycles. The number of aryl methyl sites for hydroxylation is 1. The predicted octanol–water partition coefficient (Wildman–Crippen LogP) is 1.19. The van der Waals surface area contributed by atoms with Gasteiger partial charge in [-0.3, -0.25) is 0 Å². The van der Waals surface area contributed by atoms with Gasteiger partial charge in [-0.15, -0.1) is 0 Å². The van der Waals surface area contributed by atoms with Crippen molar-refractivity contribution in [2.75, 3.05) is 13.2 Å². The third kappa shape index (κ3) is 2.36. The van der Waals surface area contributed by atoms with Crippen molar-refractivity contribution in [3.8, 4) is 5.75 Å². The highest BCUT2D eigenvalue weighted by atomic mass is 16.3. The summed E-state index contributed by atoms with van der Waals surface area (Å²) >= 11 is 0. The van der Waals surface area contributed by atoms with Crippen molar-refractivity contribution < 1.29 is 15.3 Å². The number of aliphatic hydroxyl groups is 2. The van der Waals surface area contributed by atoms with Crippen molar-refractivity contribution in [3.63, 3.8) is 0 Å². The van der Waals surface area contributed by atoms with Crippen LogP contribution in [-0.4, -0.2) is 34.6 Å². The molecular weight excluding hydrogens is 230 g/mol. The summed E-state index contributed by atoms with van der Waals surface area (Å²) in [5, 5.41) is 31.4. The molecule has 3 unspecified atom stereocenters. The number of aliphatic hydroxyl groups excluding tert-OH is 2. The van der Waals surface area contributed by atoms with Gasteiger partial charge in [0.15, 0.2) is 0 Å². The largest absolute Gasteiger partial charge is 0.508 e. The zero-order valence-corrected chi connectivity index (χ0v) is 10.8. The fraction of sp³-hybridized carbons (Fsp3) is 0.571. The highest BCUT2D eigenvalue weighted by molar-refractivity contribution is 5.50. The normalized spacial score (nSPS) is 24.0. The van der Waals surface area contributed by atoms with Gasteiger partial charge in [0.25, 0.3) is 0 Å². The van der Waals surface area contributed by atoms with Crippen LogP contribution < -0.4 is 5.32 Å². The summed E-state index contributed by atoms with van der Waals surface area (Å²) in [5.74, 6) is 0.715. The topological polar surface area (TPSA) is 72.7 Å². The second kappa shape index (κ2) is 5.26. The van der Waals surface area contributed by atoms with Crippen LogP contribution in [0.15, 0.2) is 12.1 Å². The zero-order valence-electron chi connectivity index (χ0n) is 10.8. The van der Waals surface area contributed by atoms with E-state index in [0.29, 0.717) is 18.2 Å². The Morgan fingerprint density at radius 1 is 1.39 bits per heavy atom. The Kier molecular flexibility index (Phi) is 3.90. The molecular formula is C14H21NO3. The van der Waals surface area contributed by atoms with Crippen LogP contribution in [0.25, 0.3) is 0 Å². The summed E-state index contributed by atoms with van der Waals surface area (Å²) in [5.41, 5.74) is 3.36. The molecule has 1 aromatic rings. The fourth-order valence-corrected chi connectivity index (χ4v) is 2.87. The van der Waals surface area contributed by atoms with Crippen LogP contribution in [-0.2, 0) is 0 Å². The van der Waals surface area contributed by atoms with E-state index in [4.69, 9.17) is 5.11 Å². The average Bonchev–Trinajstić information content (AvgIpc) is 2.69. The van der Waals surface area contributed by atoms with Crippen molar-refractivity contribution in [1.29, 1.82) is 0 Å². The number of hydrogen-bond donors (Lipinski definition) is 4. The summed E-state index contributed by atoms with van der Waals surface area (Å²) in [6.45, 7) is 4.29. The minimum Gasteiger partial charge on any atom is -0.508 e. The maximum absolute atomic E-state index is 10.0. The molecule has 1 aromatic carbocycles. The van der Waals surface area contributed by atoms with Gasteiger partial charge >= 0.3 is 0 Å². The summed E-state index contributed by atoms with van der Waals surface area (Å²) in [7, 11) is 0. The molecule has 2 rings (SSSR count). The molecule has 0 aromatic heterocycles. The molecule has 0 bridgehead atoms. The van der Waals surface area contributed by atoms with E-state index in [1.54, 1.807) is 6.07 Å². The minimum atomic E-state index is -0.753. The number of nitrogens with one attached hydrogen (secondary N) is 1. The predicted molar refractivity (Wildman–Crippen MR) is 69.7 cm³/mol. The summed E-state index contributed by atoms with van der Waals surface area (Å²) in [4.78, 5) is 0. The standard InChI is InChI=1S/C14H21NO3/c1-8-3-4-12(18)14-11(5-9(2)13(8)14)15-6-10(17)7-16/h3-4,9-11,15-18H,5-7H2,1-2H3. The first-order chi connectivity index (χ1) is 8.54. The summed E-state index contributed by atoms with van der Waals surface area (Å²) in [6, 6.07) is 3.72. The van der Waals surface area contributed by atoms with Crippen molar-refractivity contribution in [2.24, 2.45) is 0 Å². The maximum atomic E-state index is 10.0.